The molecule has 6 nitrogen and oxygen atoms in total. The van der Waals surface area contributed by atoms with Crippen LogP contribution in [0.1, 0.15) is 19.8 Å². The quantitative estimate of drug-likeness (QED) is 0.626. The van der Waals surface area contributed by atoms with Crippen LogP contribution < -0.4 is 10.2 Å². The van der Waals surface area contributed by atoms with Crippen molar-refractivity contribution in [2.24, 2.45) is 4.99 Å². The average molecular weight is 364 g/mol. The fourth-order valence-corrected chi connectivity index (χ4v) is 3.42. The van der Waals surface area contributed by atoms with Crippen molar-refractivity contribution in [1.29, 1.82) is 0 Å². The third kappa shape index (κ3) is 4.65. The second kappa shape index (κ2) is 8.68. The molecule has 2 N–H and O–H groups in total. The Balaban J connectivity index is 1.61. The van der Waals surface area contributed by atoms with Gasteiger partial charge in [0, 0.05) is 58.8 Å². The molecule has 2 fully saturated rings. The maximum absolute atomic E-state index is 14.0. The van der Waals surface area contributed by atoms with Crippen molar-refractivity contribution in [3.63, 3.8) is 0 Å². The van der Waals surface area contributed by atoms with E-state index in [0.29, 0.717) is 38.3 Å². The number of nitrogens with zero attached hydrogens (tertiary/aromatic N) is 3. The largest absolute Gasteiger partial charge is 0.388 e. The Hall–Kier alpha value is -1.86. The Bertz CT molecular complexity index is 611. The summed E-state index contributed by atoms with van der Waals surface area (Å²) in [6, 6.07) is 6.91. The van der Waals surface area contributed by atoms with Crippen molar-refractivity contribution in [3.8, 4) is 0 Å². The second-order valence-electron chi connectivity index (χ2n) is 6.93. The number of nitrogens with one attached hydrogen (secondary N) is 1. The Kier molecular flexibility index (Phi) is 6.32. The van der Waals surface area contributed by atoms with Crippen molar-refractivity contribution < 1.29 is 14.2 Å². The molecule has 0 bridgehead atoms. The molecule has 1 aromatic rings. The van der Waals surface area contributed by atoms with E-state index in [-0.39, 0.29) is 5.82 Å². The van der Waals surface area contributed by atoms with Crippen LogP contribution in [-0.4, -0.2) is 74.0 Å². The average Bonchev–Trinajstić information content (AvgIpc) is 2.66. The summed E-state index contributed by atoms with van der Waals surface area (Å²) < 4.78 is 19.3. The number of hydrogen-bond donors (Lipinski definition) is 2. The molecule has 2 aliphatic rings. The maximum Gasteiger partial charge on any atom is 0.194 e. The van der Waals surface area contributed by atoms with Gasteiger partial charge in [0.05, 0.1) is 17.8 Å². The van der Waals surface area contributed by atoms with Gasteiger partial charge >= 0.3 is 0 Å². The lowest BCUT2D eigenvalue weighted by atomic mass is 9.95. The second-order valence-corrected chi connectivity index (χ2v) is 6.93. The third-order valence-corrected chi connectivity index (χ3v) is 5.05. The fourth-order valence-electron chi connectivity index (χ4n) is 3.42. The van der Waals surface area contributed by atoms with Crippen LogP contribution in [0.5, 0.6) is 0 Å². The number of piperazine rings is 1. The molecule has 144 valence electrons. The van der Waals surface area contributed by atoms with E-state index in [9.17, 15) is 9.50 Å². The predicted molar refractivity (Wildman–Crippen MR) is 101 cm³/mol. The van der Waals surface area contributed by atoms with Crippen LogP contribution in [0.3, 0.4) is 0 Å². The third-order valence-electron chi connectivity index (χ3n) is 5.05. The number of halogens is 1. The van der Waals surface area contributed by atoms with Crippen molar-refractivity contribution in [3.05, 3.63) is 30.1 Å². The number of para-hydroxylation sites is 1. The van der Waals surface area contributed by atoms with E-state index in [1.165, 1.54) is 6.07 Å². The van der Waals surface area contributed by atoms with E-state index >= 15 is 0 Å². The standard InChI is InChI=1S/C19H29FN4O2/c1-2-21-18(22-15-19(25)7-13-26-14-8-19)24-11-9-23(10-12-24)17-6-4-3-5-16(17)20/h3-6,25H,2,7-15H2,1H3,(H,21,22). The molecule has 1 aromatic carbocycles. The van der Waals surface area contributed by atoms with E-state index in [4.69, 9.17) is 4.74 Å². The SMILES string of the molecule is CCNC(=NCC1(O)CCOCC1)N1CCN(c2ccccc2F)CC1. The first kappa shape index (κ1) is 18.9. The Morgan fingerprint density at radius 1 is 1.23 bits per heavy atom. The molecule has 2 saturated heterocycles. The number of rotatable bonds is 4. The van der Waals surface area contributed by atoms with E-state index in [1.54, 1.807) is 6.07 Å². The van der Waals surface area contributed by atoms with Crippen molar-refractivity contribution >= 4 is 11.6 Å². The predicted octanol–water partition coefficient (Wildman–Crippen LogP) is 1.45. The highest BCUT2D eigenvalue weighted by atomic mass is 19.1. The lowest BCUT2D eigenvalue weighted by Crippen LogP contribution is -2.53. The Morgan fingerprint density at radius 3 is 2.58 bits per heavy atom. The highest BCUT2D eigenvalue weighted by molar-refractivity contribution is 5.80. The van der Waals surface area contributed by atoms with Crippen LogP contribution in [0, 0.1) is 5.82 Å². The summed E-state index contributed by atoms with van der Waals surface area (Å²) in [5.74, 6) is 0.642. The summed E-state index contributed by atoms with van der Waals surface area (Å²) in [5.41, 5.74) is -0.112. The number of guanidine groups is 1. The minimum Gasteiger partial charge on any atom is -0.388 e. The van der Waals surface area contributed by atoms with Crippen molar-refractivity contribution in [2.45, 2.75) is 25.4 Å². The van der Waals surface area contributed by atoms with Gasteiger partial charge in [-0.1, -0.05) is 12.1 Å². The van der Waals surface area contributed by atoms with Gasteiger partial charge in [-0.15, -0.1) is 0 Å². The number of ether oxygens (including phenoxy) is 1. The molecule has 0 atom stereocenters. The summed E-state index contributed by atoms with van der Waals surface area (Å²) >= 11 is 0. The molecular weight excluding hydrogens is 335 g/mol. The first-order chi connectivity index (χ1) is 12.6. The van der Waals surface area contributed by atoms with Crippen LogP contribution in [0.15, 0.2) is 29.3 Å². The van der Waals surface area contributed by atoms with Gasteiger partial charge in [0.2, 0.25) is 0 Å². The van der Waals surface area contributed by atoms with Crippen LogP contribution in [0.4, 0.5) is 10.1 Å². The number of hydrogen-bond acceptors (Lipinski definition) is 4. The molecule has 0 saturated carbocycles. The van der Waals surface area contributed by atoms with Gasteiger partial charge in [-0.3, -0.25) is 4.99 Å². The normalized spacial score (nSPS) is 21.0. The zero-order valence-electron chi connectivity index (χ0n) is 15.5. The first-order valence-electron chi connectivity index (χ1n) is 9.44. The van der Waals surface area contributed by atoms with E-state index in [0.717, 1.165) is 38.7 Å². The van der Waals surface area contributed by atoms with Gasteiger partial charge < -0.3 is 25.0 Å². The van der Waals surface area contributed by atoms with Crippen molar-refractivity contribution in [2.75, 3.05) is 57.4 Å². The number of aliphatic hydroxyl groups is 1. The van der Waals surface area contributed by atoms with Gasteiger partial charge in [-0.25, -0.2) is 4.39 Å². The molecule has 0 aromatic heterocycles. The molecule has 2 heterocycles. The van der Waals surface area contributed by atoms with Gasteiger partial charge in [-0.2, -0.15) is 0 Å². The zero-order valence-corrected chi connectivity index (χ0v) is 15.5. The van der Waals surface area contributed by atoms with Gasteiger partial charge in [0.1, 0.15) is 5.82 Å². The monoisotopic (exact) mass is 364 g/mol. The Labute approximate surface area is 154 Å². The summed E-state index contributed by atoms with van der Waals surface area (Å²) in [7, 11) is 0. The van der Waals surface area contributed by atoms with Crippen LogP contribution in [-0.2, 0) is 4.74 Å². The summed E-state index contributed by atoms with van der Waals surface area (Å²) in [4.78, 5) is 8.94. The Morgan fingerprint density at radius 2 is 1.92 bits per heavy atom. The minimum absolute atomic E-state index is 0.178. The molecule has 0 radical (unpaired) electrons. The van der Waals surface area contributed by atoms with Crippen molar-refractivity contribution in [1.82, 2.24) is 10.2 Å². The number of aliphatic imine (C=N–C) groups is 1. The molecule has 0 aliphatic carbocycles. The lowest BCUT2D eigenvalue weighted by molar-refractivity contribution is -0.0566. The summed E-state index contributed by atoms with van der Waals surface area (Å²) in [6.07, 6.45) is 1.24. The smallest absolute Gasteiger partial charge is 0.194 e. The van der Waals surface area contributed by atoms with Crippen LogP contribution in [0.25, 0.3) is 0 Å². The molecule has 26 heavy (non-hydrogen) atoms. The van der Waals surface area contributed by atoms with Gasteiger partial charge in [0.15, 0.2) is 5.96 Å². The van der Waals surface area contributed by atoms with E-state index in [1.807, 2.05) is 19.1 Å². The highest BCUT2D eigenvalue weighted by Crippen LogP contribution is 2.22. The molecule has 3 rings (SSSR count). The van der Waals surface area contributed by atoms with Crippen LogP contribution >= 0.6 is 0 Å². The van der Waals surface area contributed by atoms with E-state index < -0.39 is 5.60 Å². The zero-order chi connectivity index (χ0) is 18.4. The highest BCUT2D eigenvalue weighted by Gasteiger charge is 2.30. The summed E-state index contributed by atoms with van der Waals surface area (Å²) in [6.45, 7) is 7.37. The molecular formula is C19H29FN4O2. The maximum atomic E-state index is 14.0. The minimum atomic E-state index is -0.770. The van der Waals surface area contributed by atoms with Crippen LogP contribution in [0.2, 0.25) is 0 Å². The lowest BCUT2D eigenvalue weighted by Gasteiger charge is -2.38. The van der Waals surface area contributed by atoms with Gasteiger partial charge in [0.25, 0.3) is 0 Å². The first-order valence-corrected chi connectivity index (χ1v) is 9.44. The molecule has 2 aliphatic heterocycles. The molecule has 0 amide bonds. The van der Waals surface area contributed by atoms with E-state index in [2.05, 4.69) is 20.1 Å². The van der Waals surface area contributed by atoms with Gasteiger partial charge in [-0.05, 0) is 19.1 Å². The topological polar surface area (TPSA) is 60.3 Å². The molecule has 0 spiro atoms. The molecule has 0 unspecified atom stereocenters. The fraction of sp³-hybridized carbons (Fsp3) is 0.632. The summed E-state index contributed by atoms with van der Waals surface area (Å²) in [5, 5.41) is 13.9. The number of anilines is 1. The number of benzene rings is 1. The molecule has 7 heteroatoms.